The van der Waals surface area contributed by atoms with Gasteiger partial charge in [0.15, 0.2) is 16.7 Å². The number of aryl methyl sites for hydroxylation is 1. The Morgan fingerprint density at radius 3 is 2.53 bits per heavy atom. The smallest absolute Gasteiger partial charge is 0.296 e. The van der Waals surface area contributed by atoms with E-state index in [1.165, 1.54) is 22.3 Å². The SMILES string of the molecule is Cc1ccc(C(=O)C2=C(O)C(=O)N(c3nc4ccc(Cl)cc4s3)C2c2ccc(N(C)C)cc2)o1. The van der Waals surface area contributed by atoms with E-state index in [0.29, 0.717) is 27.0 Å². The molecule has 0 bridgehead atoms. The highest BCUT2D eigenvalue weighted by atomic mass is 35.5. The zero-order valence-electron chi connectivity index (χ0n) is 18.6. The lowest BCUT2D eigenvalue weighted by atomic mass is 9.95. The van der Waals surface area contributed by atoms with E-state index in [1.54, 1.807) is 31.2 Å². The first-order valence-corrected chi connectivity index (χ1v) is 11.6. The van der Waals surface area contributed by atoms with Crippen LogP contribution in [0.2, 0.25) is 5.02 Å². The summed E-state index contributed by atoms with van der Waals surface area (Å²) in [5.74, 6) is -1.25. The van der Waals surface area contributed by atoms with Crippen LogP contribution in [-0.2, 0) is 4.79 Å². The molecule has 2 aromatic heterocycles. The fourth-order valence-corrected chi connectivity index (χ4v) is 5.25. The first-order chi connectivity index (χ1) is 16.2. The molecule has 5 rings (SSSR count). The minimum absolute atomic E-state index is 0.0470. The molecule has 3 heterocycles. The van der Waals surface area contributed by atoms with E-state index in [2.05, 4.69) is 4.98 Å². The lowest BCUT2D eigenvalue weighted by Crippen LogP contribution is -2.31. The molecule has 4 aromatic rings. The van der Waals surface area contributed by atoms with Crippen LogP contribution in [-0.4, -0.2) is 35.9 Å². The van der Waals surface area contributed by atoms with Crippen LogP contribution in [0.1, 0.15) is 27.9 Å². The number of aromatic nitrogens is 1. The number of hydrogen-bond donors (Lipinski definition) is 1. The van der Waals surface area contributed by atoms with Crippen molar-refractivity contribution in [1.82, 2.24) is 4.98 Å². The van der Waals surface area contributed by atoms with Gasteiger partial charge in [0.25, 0.3) is 5.91 Å². The molecule has 34 heavy (non-hydrogen) atoms. The van der Waals surface area contributed by atoms with Crippen molar-refractivity contribution in [2.24, 2.45) is 0 Å². The minimum Gasteiger partial charge on any atom is -0.503 e. The maximum Gasteiger partial charge on any atom is 0.296 e. The minimum atomic E-state index is -0.877. The van der Waals surface area contributed by atoms with E-state index in [-0.39, 0.29) is 11.3 Å². The molecule has 0 aliphatic carbocycles. The standard InChI is InChI=1S/C25H20ClN3O4S/c1-13-4-11-18(33-13)22(30)20-21(14-5-8-16(9-6-14)28(2)3)29(24(32)23(20)31)25-27-17-10-7-15(26)12-19(17)34-25/h4-12,21,31H,1-3H3. The van der Waals surface area contributed by atoms with Gasteiger partial charge in [0, 0.05) is 24.8 Å². The number of benzene rings is 2. The number of hydrogen-bond acceptors (Lipinski definition) is 7. The number of carbonyl (C=O) groups is 2. The van der Waals surface area contributed by atoms with E-state index >= 15 is 0 Å². The molecule has 2 aromatic carbocycles. The summed E-state index contributed by atoms with van der Waals surface area (Å²) in [7, 11) is 3.85. The molecule has 172 valence electrons. The maximum atomic E-state index is 13.4. The number of furan rings is 1. The van der Waals surface area contributed by atoms with E-state index in [0.717, 1.165) is 10.4 Å². The molecule has 1 amide bonds. The molecular formula is C25H20ClN3O4S. The Morgan fingerprint density at radius 2 is 1.88 bits per heavy atom. The van der Waals surface area contributed by atoms with Crippen LogP contribution in [0.15, 0.2) is 70.3 Å². The number of carbonyl (C=O) groups excluding carboxylic acids is 2. The number of amides is 1. The molecule has 0 saturated carbocycles. The van der Waals surface area contributed by atoms with Crippen LogP contribution in [0.5, 0.6) is 0 Å². The number of thiazole rings is 1. The van der Waals surface area contributed by atoms with Crippen LogP contribution >= 0.6 is 22.9 Å². The summed E-state index contributed by atoms with van der Waals surface area (Å²) in [6.45, 7) is 1.72. The van der Waals surface area contributed by atoms with Crippen LogP contribution in [0.4, 0.5) is 10.8 Å². The van der Waals surface area contributed by atoms with Crippen molar-refractivity contribution in [1.29, 1.82) is 0 Å². The van der Waals surface area contributed by atoms with Gasteiger partial charge in [0.2, 0.25) is 5.78 Å². The quantitative estimate of drug-likeness (QED) is 0.359. The van der Waals surface area contributed by atoms with E-state index in [9.17, 15) is 14.7 Å². The fraction of sp³-hybridized carbons (Fsp3) is 0.160. The van der Waals surface area contributed by atoms with Crippen molar-refractivity contribution in [3.05, 3.63) is 88.0 Å². The normalized spacial score (nSPS) is 16.1. The highest BCUT2D eigenvalue weighted by molar-refractivity contribution is 7.22. The van der Waals surface area contributed by atoms with Crippen LogP contribution in [0.25, 0.3) is 10.2 Å². The predicted molar refractivity (Wildman–Crippen MR) is 133 cm³/mol. The molecule has 1 atom stereocenters. The van der Waals surface area contributed by atoms with Crippen LogP contribution < -0.4 is 9.80 Å². The van der Waals surface area contributed by atoms with Crippen molar-refractivity contribution in [2.75, 3.05) is 23.9 Å². The molecule has 1 N–H and O–H groups in total. The number of ketones is 1. The summed E-state index contributed by atoms with van der Waals surface area (Å²) in [5, 5.41) is 11.8. The first kappa shape index (κ1) is 22.2. The van der Waals surface area contributed by atoms with Crippen molar-refractivity contribution >= 4 is 55.7 Å². The van der Waals surface area contributed by atoms with Gasteiger partial charge >= 0.3 is 0 Å². The summed E-state index contributed by atoms with van der Waals surface area (Å²) in [4.78, 5) is 34.7. The monoisotopic (exact) mass is 493 g/mol. The number of aliphatic hydroxyl groups is 1. The average molecular weight is 494 g/mol. The number of Topliss-reactive ketones (excluding diaryl/α,β-unsaturated/α-hetero) is 1. The van der Waals surface area contributed by atoms with Crippen molar-refractivity contribution in [3.8, 4) is 0 Å². The number of halogens is 1. The lowest BCUT2D eigenvalue weighted by molar-refractivity contribution is -0.117. The van der Waals surface area contributed by atoms with Gasteiger partial charge in [-0.3, -0.25) is 14.5 Å². The number of rotatable bonds is 5. The summed E-state index contributed by atoms with van der Waals surface area (Å²) < 4.78 is 6.31. The molecule has 0 radical (unpaired) electrons. The zero-order chi connectivity index (χ0) is 24.1. The van der Waals surface area contributed by atoms with Gasteiger partial charge < -0.3 is 14.4 Å². The second kappa shape index (κ2) is 8.30. The zero-order valence-corrected chi connectivity index (χ0v) is 20.1. The largest absolute Gasteiger partial charge is 0.503 e. The number of fused-ring (bicyclic) bond motifs is 1. The van der Waals surface area contributed by atoms with Gasteiger partial charge in [-0.05, 0) is 55.0 Å². The van der Waals surface area contributed by atoms with Gasteiger partial charge in [0.05, 0.1) is 21.8 Å². The topological polar surface area (TPSA) is 86.9 Å². The maximum absolute atomic E-state index is 13.4. The Balaban J connectivity index is 1.67. The van der Waals surface area contributed by atoms with Gasteiger partial charge in [-0.2, -0.15) is 0 Å². The average Bonchev–Trinajstić information content (AvgIpc) is 3.49. The Bertz CT molecular complexity index is 1470. The second-order valence-electron chi connectivity index (χ2n) is 8.17. The lowest BCUT2D eigenvalue weighted by Gasteiger charge is -2.25. The van der Waals surface area contributed by atoms with Gasteiger partial charge in [-0.25, -0.2) is 4.98 Å². The molecule has 0 spiro atoms. The molecule has 0 fully saturated rings. The Hall–Kier alpha value is -3.62. The van der Waals surface area contributed by atoms with Crippen molar-refractivity contribution < 1.29 is 19.1 Å². The summed E-state index contributed by atoms with van der Waals surface area (Å²) in [6, 6.07) is 15.0. The van der Waals surface area contributed by atoms with Crippen LogP contribution in [0.3, 0.4) is 0 Å². The van der Waals surface area contributed by atoms with Gasteiger partial charge in [-0.1, -0.05) is 35.1 Å². The van der Waals surface area contributed by atoms with Crippen molar-refractivity contribution in [3.63, 3.8) is 0 Å². The third-order valence-electron chi connectivity index (χ3n) is 5.69. The molecule has 1 unspecified atom stereocenters. The van der Waals surface area contributed by atoms with Crippen LogP contribution in [0, 0.1) is 6.92 Å². The molecule has 1 aliphatic rings. The molecule has 0 saturated heterocycles. The molecule has 9 heteroatoms. The van der Waals surface area contributed by atoms with E-state index in [1.807, 2.05) is 43.3 Å². The second-order valence-corrected chi connectivity index (χ2v) is 9.62. The molecular weight excluding hydrogens is 474 g/mol. The van der Waals surface area contributed by atoms with E-state index in [4.69, 9.17) is 16.0 Å². The number of aliphatic hydroxyl groups excluding tert-OH is 1. The Labute approximate surface area is 204 Å². The van der Waals surface area contributed by atoms with Gasteiger partial charge in [-0.15, -0.1) is 0 Å². The predicted octanol–water partition coefficient (Wildman–Crippen LogP) is 5.70. The van der Waals surface area contributed by atoms with Gasteiger partial charge in [0.1, 0.15) is 5.76 Å². The summed E-state index contributed by atoms with van der Waals surface area (Å²) >= 11 is 7.39. The third kappa shape index (κ3) is 3.65. The highest BCUT2D eigenvalue weighted by Crippen LogP contribution is 2.44. The molecule has 1 aliphatic heterocycles. The van der Waals surface area contributed by atoms with Crippen molar-refractivity contribution in [2.45, 2.75) is 13.0 Å². The van der Waals surface area contributed by atoms with E-state index < -0.39 is 23.5 Å². The number of nitrogens with zero attached hydrogens (tertiary/aromatic N) is 3. The summed E-state index contributed by atoms with van der Waals surface area (Å²) in [5.41, 5.74) is 2.23. The highest BCUT2D eigenvalue weighted by Gasteiger charge is 2.46. The third-order valence-corrected chi connectivity index (χ3v) is 6.94. The molecule has 7 nitrogen and oxygen atoms in total. The number of anilines is 2. The fourth-order valence-electron chi connectivity index (χ4n) is 3.98. The first-order valence-electron chi connectivity index (χ1n) is 10.5. The summed E-state index contributed by atoms with van der Waals surface area (Å²) in [6.07, 6.45) is 0. The Morgan fingerprint density at radius 1 is 1.15 bits per heavy atom. The Kier molecular flexibility index (Phi) is 5.42.